The van der Waals surface area contributed by atoms with Crippen LogP contribution in [0.5, 0.6) is 0 Å². The molecule has 0 spiro atoms. The summed E-state index contributed by atoms with van der Waals surface area (Å²) in [7, 11) is 1.72. The number of likely N-dealkylation sites (tertiary alicyclic amines) is 1. The maximum atomic E-state index is 13.0. The van der Waals surface area contributed by atoms with Crippen molar-refractivity contribution < 1.29 is 9.18 Å². The maximum Gasteiger partial charge on any atom is 0.273 e. The number of carbonyl (C=O) groups excluding carboxylic acids is 1. The van der Waals surface area contributed by atoms with Gasteiger partial charge in [-0.05, 0) is 42.9 Å². The monoisotopic (exact) mass is 302 g/mol. The first-order valence-corrected chi connectivity index (χ1v) is 7.54. The van der Waals surface area contributed by atoms with Gasteiger partial charge >= 0.3 is 0 Å². The summed E-state index contributed by atoms with van der Waals surface area (Å²) >= 11 is 0. The van der Waals surface area contributed by atoms with Crippen LogP contribution >= 0.6 is 0 Å². The van der Waals surface area contributed by atoms with Gasteiger partial charge in [0.25, 0.3) is 5.91 Å². The van der Waals surface area contributed by atoms with Gasteiger partial charge in [-0.2, -0.15) is 0 Å². The van der Waals surface area contributed by atoms with E-state index < -0.39 is 0 Å². The molecule has 2 aromatic rings. The Hall–Kier alpha value is -2.24. The molecule has 1 amide bonds. The first kappa shape index (κ1) is 14.7. The number of aromatic nitrogens is 3. The number of benzene rings is 1. The Morgan fingerprint density at radius 2 is 2.00 bits per heavy atom. The lowest BCUT2D eigenvalue weighted by atomic mass is 9.92. The molecule has 3 rings (SSSR count). The Labute approximate surface area is 128 Å². The molecule has 1 unspecified atom stereocenters. The lowest BCUT2D eigenvalue weighted by Crippen LogP contribution is -2.33. The average molecular weight is 302 g/mol. The summed E-state index contributed by atoms with van der Waals surface area (Å²) in [6.45, 7) is 1.44. The molecule has 0 radical (unpaired) electrons. The Balaban J connectivity index is 1.68. The van der Waals surface area contributed by atoms with Crippen molar-refractivity contribution >= 4 is 5.91 Å². The van der Waals surface area contributed by atoms with Gasteiger partial charge in [-0.3, -0.25) is 4.79 Å². The van der Waals surface area contributed by atoms with E-state index in [4.69, 9.17) is 0 Å². The molecule has 1 aromatic carbocycles. The molecule has 1 aliphatic heterocycles. The fourth-order valence-corrected chi connectivity index (χ4v) is 3.01. The zero-order chi connectivity index (χ0) is 15.5. The first-order chi connectivity index (χ1) is 10.6. The van der Waals surface area contributed by atoms with E-state index >= 15 is 0 Å². The molecule has 2 heterocycles. The second-order valence-corrected chi connectivity index (χ2v) is 5.71. The quantitative estimate of drug-likeness (QED) is 0.856. The summed E-state index contributed by atoms with van der Waals surface area (Å²) in [5.41, 5.74) is 1.66. The number of amides is 1. The smallest absolute Gasteiger partial charge is 0.273 e. The third-order valence-corrected chi connectivity index (χ3v) is 4.29. The predicted molar refractivity (Wildman–Crippen MR) is 79.9 cm³/mol. The molecule has 6 heteroatoms. The third-order valence-electron chi connectivity index (χ3n) is 4.29. The summed E-state index contributed by atoms with van der Waals surface area (Å²) in [6, 6.07) is 6.71. The molecule has 1 aliphatic rings. The highest BCUT2D eigenvalue weighted by atomic mass is 19.1. The van der Waals surface area contributed by atoms with Crippen molar-refractivity contribution in [3.63, 3.8) is 0 Å². The second-order valence-electron chi connectivity index (χ2n) is 5.71. The van der Waals surface area contributed by atoms with Crippen LogP contribution in [-0.4, -0.2) is 38.9 Å². The highest BCUT2D eigenvalue weighted by Crippen LogP contribution is 2.28. The van der Waals surface area contributed by atoms with Gasteiger partial charge in [-0.25, -0.2) is 9.07 Å². The largest absolute Gasteiger partial charge is 0.337 e. The van der Waals surface area contributed by atoms with E-state index in [1.165, 1.54) is 23.0 Å². The fourth-order valence-electron chi connectivity index (χ4n) is 3.01. The summed E-state index contributed by atoms with van der Waals surface area (Å²) in [4.78, 5) is 14.4. The van der Waals surface area contributed by atoms with Crippen molar-refractivity contribution in [2.24, 2.45) is 7.05 Å². The summed E-state index contributed by atoms with van der Waals surface area (Å²) < 4.78 is 14.5. The normalized spacial score (nSPS) is 19.0. The van der Waals surface area contributed by atoms with E-state index in [-0.39, 0.29) is 11.7 Å². The number of rotatable bonds is 2. The SMILES string of the molecule is Cn1nncc1C(=O)N1CCCC(c2ccc(F)cc2)CC1. The average Bonchev–Trinajstić information content (AvgIpc) is 2.80. The third kappa shape index (κ3) is 3.00. The van der Waals surface area contributed by atoms with Crippen LogP contribution < -0.4 is 0 Å². The van der Waals surface area contributed by atoms with Gasteiger partial charge in [0.15, 0.2) is 0 Å². The molecule has 0 saturated carbocycles. The zero-order valence-electron chi connectivity index (χ0n) is 12.6. The zero-order valence-corrected chi connectivity index (χ0v) is 12.6. The predicted octanol–water partition coefficient (Wildman–Crippen LogP) is 2.36. The molecule has 0 aliphatic carbocycles. The van der Waals surface area contributed by atoms with Crippen LogP contribution in [0, 0.1) is 5.82 Å². The summed E-state index contributed by atoms with van der Waals surface area (Å²) in [6.07, 6.45) is 4.35. The number of hydrogen-bond donors (Lipinski definition) is 0. The minimum absolute atomic E-state index is 0.0211. The van der Waals surface area contributed by atoms with Crippen LogP contribution in [-0.2, 0) is 7.05 Å². The lowest BCUT2D eigenvalue weighted by Gasteiger charge is -2.20. The van der Waals surface area contributed by atoms with Crippen LogP contribution in [0.3, 0.4) is 0 Å². The maximum absolute atomic E-state index is 13.0. The fraction of sp³-hybridized carbons (Fsp3) is 0.438. The minimum atomic E-state index is -0.210. The molecule has 0 N–H and O–H groups in total. The lowest BCUT2D eigenvalue weighted by molar-refractivity contribution is 0.0750. The van der Waals surface area contributed by atoms with E-state index in [2.05, 4.69) is 10.3 Å². The van der Waals surface area contributed by atoms with Crippen LogP contribution in [0.25, 0.3) is 0 Å². The van der Waals surface area contributed by atoms with E-state index in [9.17, 15) is 9.18 Å². The first-order valence-electron chi connectivity index (χ1n) is 7.54. The van der Waals surface area contributed by atoms with Crippen LogP contribution in [0.1, 0.15) is 41.2 Å². The van der Waals surface area contributed by atoms with Crippen LogP contribution in [0.4, 0.5) is 4.39 Å². The summed E-state index contributed by atoms with van der Waals surface area (Å²) in [5.74, 6) is 0.146. The highest BCUT2D eigenvalue weighted by molar-refractivity contribution is 5.92. The van der Waals surface area contributed by atoms with Crippen molar-refractivity contribution in [2.75, 3.05) is 13.1 Å². The molecular formula is C16H19FN4O. The van der Waals surface area contributed by atoms with Crippen molar-refractivity contribution in [1.29, 1.82) is 0 Å². The van der Waals surface area contributed by atoms with Gasteiger partial charge in [0.2, 0.25) is 0 Å². The Morgan fingerprint density at radius 1 is 1.23 bits per heavy atom. The molecule has 5 nitrogen and oxygen atoms in total. The Kier molecular flexibility index (Phi) is 4.18. The number of hydrogen-bond acceptors (Lipinski definition) is 3. The van der Waals surface area contributed by atoms with Gasteiger partial charge in [-0.1, -0.05) is 17.3 Å². The van der Waals surface area contributed by atoms with E-state index in [1.807, 2.05) is 17.0 Å². The molecular weight excluding hydrogens is 283 g/mol. The second kappa shape index (κ2) is 6.25. The van der Waals surface area contributed by atoms with Gasteiger partial charge in [-0.15, -0.1) is 5.10 Å². The molecule has 0 bridgehead atoms. The van der Waals surface area contributed by atoms with Crippen LogP contribution in [0.15, 0.2) is 30.5 Å². The van der Waals surface area contributed by atoms with Crippen molar-refractivity contribution in [3.8, 4) is 0 Å². The molecule has 1 saturated heterocycles. The highest BCUT2D eigenvalue weighted by Gasteiger charge is 2.24. The van der Waals surface area contributed by atoms with E-state index in [1.54, 1.807) is 7.05 Å². The number of nitrogens with zero attached hydrogens (tertiary/aromatic N) is 4. The Bertz CT molecular complexity index is 652. The van der Waals surface area contributed by atoms with Gasteiger partial charge in [0.05, 0.1) is 6.20 Å². The van der Waals surface area contributed by atoms with Gasteiger partial charge < -0.3 is 4.90 Å². The van der Waals surface area contributed by atoms with Gasteiger partial charge in [0, 0.05) is 20.1 Å². The number of halogens is 1. The van der Waals surface area contributed by atoms with Crippen molar-refractivity contribution in [3.05, 3.63) is 47.5 Å². The molecule has 116 valence electrons. The number of carbonyl (C=O) groups is 1. The molecule has 1 atom stereocenters. The van der Waals surface area contributed by atoms with Crippen LogP contribution in [0.2, 0.25) is 0 Å². The number of aryl methyl sites for hydroxylation is 1. The molecule has 1 aromatic heterocycles. The van der Waals surface area contributed by atoms with E-state index in [0.717, 1.165) is 31.4 Å². The van der Waals surface area contributed by atoms with Crippen molar-refractivity contribution in [1.82, 2.24) is 19.9 Å². The molecule has 1 fully saturated rings. The van der Waals surface area contributed by atoms with Crippen molar-refractivity contribution in [2.45, 2.75) is 25.2 Å². The minimum Gasteiger partial charge on any atom is -0.337 e. The molecule has 22 heavy (non-hydrogen) atoms. The Morgan fingerprint density at radius 3 is 2.68 bits per heavy atom. The summed E-state index contributed by atoms with van der Waals surface area (Å²) in [5, 5.41) is 7.57. The topological polar surface area (TPSA) is 51.0 Å². The van der Waals surface area contributed by atoms with Gasteiger partial charge in [0.1, 0.15) is 11.5 Å². The van der Waals surface area contributed by atoms with E-state index in [0.29, 0.717) is 18.2 Å². The standard InChI is InChI=1S/C16H19FN4O/c1-20-15(11-18-19-20)16(22)21-9-2-3-12(8-10-21)13-4-6-14(17)7-5-13/h4-7,11-12H,2-3,8-10H2,1H3.